The van der Waals surface area contributed by atoms with Crippen LogP contribution in [0.5, 0.6) is 5.88 Å². The zero-order valence-electron chi connectivity index (χ0n) is 9.87. The van der Waals surface area contributed by atoms with E-state index in [0.717, 1.165) is 25.9 Å². The lowest BCUT2D eigenvalue weighted by atomic mass is 10.1. The van der Waals surface area contributed by atoms with Crippen LogP contribution in [-0.4, -0.2) is 46.0 Å². The molecule has 0 saturated carbocycles. The Labute approximate surface area is 109 Å². The first-order valence-corrected chi connectivity index (χ1v) is 5.96. The molecule has 0 unspecified atom stereocenters. The van der Waals surface area contributed by atoms with Crippen molar-refractivity contribution in [3.8, 4) is 5.88 Å². The molecule has 1 saturated heterocycles. The molecule has 0 atom stereocenters. The largest absolute Gasteiger partial charge is 0.469 e. The summed E-state index contributed by atoms with van der Waals surface area (Å²) >= 11 is 5.68. The highest BCUT2D eigenvalue weighted by molar-refractivity contribution is 6.31. The van der Waals surface area contributed by atoms with E-state index in [-0.39, 0.29) is 22.8 Å². The zero-order chi connectivity index (χ0) is 13.1. The highest BCUT2D eigenvalue weighted by Gasteiger charge is 2.27. The lowest BCUT2D eigenvalue weighted by molar-refractivity contribution is -0.386. The third kappa shape index (κ3) is 2.85. The Kier molecular flexibility index (Phi) is 3.93. The van der Waals surface area contributed by atoms with Gasteiger partial charge < -0.3 is 9.64 Å². The molecule has 0 aromatic carbocycles. The second kappa shape index (κ2) is 5.45. The quantitative estimate of drug-likeness (QED) is 0.471. The lowest BCUT2D eigenvalue weighted by Gasteiger charge is -2.28. The van der Waals surface area contributed by atoms with Gasteiger partial charge in [0.15, 0.2) is 0 Å². The van der Waals surface area contributed by atoms with Gasteiger partial charge in [-0.25, -0.2) is 4.98 Å². The summed E-state index contributed by atoms with van der Waals surface area (Å²) in [7, 11) is 2.03. The molecular formula is C10H13ClN4O3. The normalized spacial score (nSPS) is 17.7. The van der Waals surface area contributed by atoms with Crippen LogP contribution in [0, 0.1) is 10.1 Å². The molecule has 1 aliphatic rings. The summed E-state index contributed by atoms with van der Waals surface area (Å²) < 4.78 is 5.57. The fourth-order valence-electron chi connectivity index (χ4n) is 1.84. The minimum atomic E-state index is -0.618. The van der Waals surface area contributed by atoms with E-state index >= 15 is 0 Å². The minimum absolute atomic E-state index is 0.0467. The number of rotatable bonds is 3. The number of nitrogens with zero attached hydrogens (tertiary/aromatic N) is 4. The second-order valence-corrected chi connectivity index (χ2v) is 4.55. The fourth-order valence-corrected chi connectivity index (χ4v) is 2.04. The van der Waals surface area contributed by atoms with Crippen LogP contribution in [0.3, 0.4) is 0 Å². The number of aromatic nitrogens is 2. The molecule has 1 aliphatic heterocycles. The van der Waals surface area contributed by atoms with Gasteiger partial charge in [-0.2, -0.15) is 4.98 Å². The van der Waals surface area contributed by atoms with Gasteiger partial charge in [-0.15, -0.1) is 0 Å². The van der Waals surface area contributed by atoms with Crippen molar-refractivity contribution in [1.82, 2.24) is 14.9 Å². The predicted octanol–water partition coefficient (Wildman–Crippen LogP) is 1.51. The number of hydrogen-bond acceptors (Lipinski definition) is 6. The Morgan fingerprint density at radius 2 is 2.17 bits per heavy atom. The predicted molar refractivity (Wildman–Crippen MR) is 64.8 cm³/mol. The molecule has 0 bridgehead atoms. The Morgan fingerprint density at radius 3 is 2.78 bits per heavy atom. The van der Waals surface area contributed by atoms with Crippen molar-refractivity contribution < 1.29 is 9.66 Å². The van der Waals surface area contributed by atoms with Gasteiger partial charge in [-0.1, -0.05) is 11.6 Å². The second-order valence-electron chi connectivity index (χ2n) is 4.20. The van der Waals surface area contributed by atoms with E-state index in [1.165, 1.54) is 6.33 Å². The van der Waals surface area contributed by atoms with E-state index in [1.54, 1.807) is 0 Å². The third-order valence-corrected chi connectivity index (χ3v) is 3.15. The molecule has 1 aromatic heterocycles. The van der Waals surface area contributed by atoms with Crippen LogP contribution < -0.4 is 4.74 Å². The fraction of sp³-hybridized carbons (Fsp3) is 0.600. The van der Waals surface area contributed by atoms with Crippen molar-refractivity contribution in [2.24, 2.45) is 0 Å². The van der Waals surface area contributed by atoms with Gasteiger partial charge in [0.25, 0.3) is 5.88 Å². The van der Waals surface area contributed by atoms with Crippen molar-refractivity contribution in [2.75, 3.05) is 20.1 Å². The average Bonchev–Trinajstić information content (AvgIpc) is 2.32. The van der Waals surface area contributed by atoms with Gasteiger partial charge in [0.05, 0.1) is 4.92 Å². The molecule has 0 aliphatic carbocycles. The number of ether oxygens (including phenoxy) is 1. The SMILES string of the molecule is CN1CCC(Oc2ncnc(Cl)c2[N+](=O)[O-])CC1. The molecule has 0 amide bonds. The maximum atomic E-state index is 10.9. The van der Waals surface area contributed by atoms with E-state index < -0.39 is 4.92 Å². The highest BCUT2D eigenvalue weighted by atomic mass is 35.5. The minimum Gasteiger partial charge on any atom is -0.469 e. The molecule has 18 heavy (non-hydrogen) atoms. The maximum absolute atomic E-state index is 10.9. The molecule has 2 heterocycles. The van der Waals surface area contributed by atoms with Gasteiger partial charge in [0.1, 0.15) is 12.4 Å². The molecule has 0 spiro atoms. The first-order valence-electron chi connectivity index (χ1n) is 5.58. The molecule has 0 N–H and O–H groups in total. The summed E-state index contributed by atoms with van der Waals surface area (Å²) in [6, 6.07) is 0. The van der Waals surface area contributed by atoms with Crippen molar-refractivity contribution in [3.63, 3.8) is 0 Å². The monoisotopic (exact) mass is 272 g/mol. The van der Waals surface area contributed by atoms with Crippen LogP contribution in [0.4, 0.5) is 5.69 Å². The first-order chi connectivity index (χ1) is 8.58. The summed E-state index contributed by atoms with van der Waals surface area (Å²) in [5.74, 6) is -0.0467. The van der Waals surface area contributed by atoms with Gasteiger partial charge in [-0.3, -0.25) is 10.1 Å². The summed E-state index contributed by atoms with van der Waals surface area (Å²) in [5.41, 5.74) is -0.363. The first kappa shape index (κ1) is 13.0. The highest BCUT2D eigenvalue weighted by Crippen LogP contribution is 2.31. The van der Waals surface area contributed by atoms with Crippen molar-refractivity contribution in [2.45, 2.75) is 18.9 Å². The number of nitro groups is 1. The van der Waals surface area contributed by atoms with Gasteiger partial charge in [0, 0.05) is 13.1 Å². The van der Waals surface area contributed by atoms with Crippen LogP contribution in [0.25, 0.3) is 0 Å². The summed E-state index contributed by atoms with van der Waals surface area (Å²) in [5, 5.41) is 10.7. The molecular weight excluding hydrogens is 260 g/mol. The Hall–Kier alpha value is -1.47. The third-order valence-electron chi connectivity index (χ3n) is 2.87. The number of hydrogen-bond donors (Lipinski definition) is 0. The van der Waals surface area contributed by atoms with Gasteiger partial charge >= 0.3 is 5.69 Å². The topological polar surface area (TPSA) is 81.4 Å². The van der Waals surface area contributed by atoms with Crippen LogP contribution in [0.1, 0.15) is 12.8 Å². The maximum Gasteiger partial charge on any atom is 0.367 e. The molecule has 2 rings (SSSR count). The van der Waals surface area contributed by atoms with Crippen LogP contribution in [0.2, 0.25) is 5.15 Å². The Balaban J connectivity index is 2.14. The lowest BCUT2D eigenvalue weighted by Crippen LogP contribution is -2.35. The van der Waals surface area contributed by atoms with Crippen LogP contribution in [-0.2, 0) is 0 Å². The number of piperidine rings is 1. The summed E-state index contributed by atoms with van der Waals surface area (Å²) in [6.45, 7) is 1.80. The summed E-state index contributed by atoms with van der Waals surface area (Å²) in [4.78, 5) is 19.8. The molecule has 98 valence electrons. The number of halogens is 1. The van der Waals surface area contributed by atoms with E-state index in [9.17, 15) is 10.1 Å². The van der Waals surface area contributed by atoms with Crippen LogP contribution >= 0.6 is 11.6 Å². The van der Waals surface area contributed by atoms with E-state index in [2.05, 4.69) is 14.9 Å². The van der Waals surface area contributed by atoms with Crippen molar-refractivity contribution in [1.29, 1.82) is 0 Å². The molecule has 0 radical (unpaired) electrons. The van der Waals surface area contributed by atoms with Crippen molar-refractivity contribution in [3.05, 3.63) is 21.6 Å². The van der Waals surface area contributed by atoms with Gasteiger partial charge in [0.2, 0.25) is 5.15 Å². The van der Waals surface area contributed by atoms with Gasteiger partial charge in [-0.05, 0) is 19.9 Å². The molecule has 7 nitrogen and oxygen atoms in total. The standard InChI is InChI=1S/C10H13ClN4O3/c1-14-4-2-7(3-5-14)18-10-8(15(16)17)9(11)12-6-13-10/h6-7H,2-5H2,1H3. The smallest absolute Gasteiger partial charge is 0.367 e. The molecule has 1 aromatic rings. The van der Waals surface area contributed by atoms with Crippen molar-refractivity contribution >= 4 is 17.3 Å². The van der Waals surface area contributed by atoms with E-state index in [4.69, 9.17) is 16.3 Å². The Morgan fingerprint density at radius 1 is 1.50 bits per heavy atom. The molecule has 8 heteroatoms. The summed E-state index contributed by atoms with van der Waals surface area (Å²) in [6.07, 6.45) is 2.73. The average molecular weight is 273 g/mol. The van der Waals surface area contributed by atoms with Crippen LogP contribution in [0.15, 0.2) is 6.33 Å². The van der Waals surface area contributed by atoms with E-state index in [1.807, 2.05) is 7.05 Å². The zero-order valence-corrected chi connectivity index (χ0v) is 10.6. The number of likely N-dealkylation sites (tertiary alicyclic amines) is 1. The molecule has 1 fully saturated rings. The Bertz CT molecular complexity index is 449. The van der Waals surface area contributed by atoms with E-state index in [0.29, 0.717) is 0 Å².